The minimum absolute atomic E-state index is 0.420. The van der Waals surface area contributed by atoms with Crippen LogP contribution in [0.2, 0.25) is 0 Å². The first-order chi connectivity index (χ1) is 14.4. The van der Waals surface area contributed by atoms with Crippen molar-refractivity contribution in [3.63, 3.8) is 0 Å². The third-order valence-corrected chi connectivity index (χ3v) is 9.93. The molecule has 8 atom stereocenters. The Labute approximate surface area is 182 Å². The first-order valence-corrected chi connectivity index (χ1v) is 12.3. The molecule has 166 valence electrons. The second kappa shape index (κ2) is 7.78. The number of hydrogen-bond donors (Lipinski definition) is 1. The van der Waals surface area contributed by atoms with E-state index in [4.69, 9.17) is 4.74 Å². The largest absolute Gasteiger partial charge is 0.387 e. The molecular weight excluding hydrogens is 372 g/mol. The molecule has 5 rings (SSSR count). The van der Waals surface area contributed by atoms with Gasteiger partial charge in [-0.15, -0.1) is 0 Å². The van der Waals surface area contributed by atoms with Gasteiger partial charge in [-0.25, -0.2) is 0 Å². The molecule has 4 fully saturated rings. The molecule has 0 aliphatic heterocycles. The number of fused-ring (bicyclic) bond motifs is 5. The minimum Gasteiger partial charge on any atom is -0.387 e. The number of aliphatic hydroxyl groups is 1. The predicted molar refractivity (Wildman–Crippen MR) is 119 cm³/mol. The number of ether oxygens (including phenoxy) is 1. The van der Waals surface area contributed by atoms with Gasteiger partial charge in [0.15, 0.2) is 0 Å². The highest BCUT2D eigenvalue weighted by Gasteiger charge is 2.58. The van der Waals surface area contributed by atoms with E-state index < -0.39 is 5.60 Å². The van der Waals surface area contributed by atoms with Gasteiger partial charge >= 0.3 is 0 Å². The highest BCUT2D eigenvalue weighted by Crippen LogP contribution is 2.65. The average Bonchev–Trinajstić information content (AvgIpc) is 3.34. The molecule has 0 bridgehead atoms. The molecule has 0 saturated heterocycles. The third kappa shape index (κ3) is 3.39. The van der Waals surface area contributed by atoms with Crippen LogP contribution in [0.5, 0.6) is 0 Å². The summed E-state index contributed by atoms with van der Waals surface area (Å²) >= 11 is 0. The fourth-order valence-electron chi connectivity index (χ4n) is 8.75. The van der Waals surface area contributed by atoms with Crippen molar-refractivity contribution in [2.45, 2.75) is 76.9 Å². The zero-order valence-corrected chi connectivity index (χ0v) is 18.9. The molecule has 4 aliphatic rings. The van der Waals surface area contributed by atoms with Gasteiger partial charge in [-0.2, -0.15) is 5.10 Å². The fourth-order valence-corrected chi connectivity index (χ4v) is 8.75. The van der Waals surface area contributed by atoms with Gasteiger partial charge in [0, 0.05) is 19.5 Å². The molecule has 30 heavy (non-hydrogen) atoms. The molecular formula is C26H40N2O2. The Balaban J connectivity index is 1.29. The van der Waals surface area contributed by atoms with E-state index in [2.05, 4.69) is 24.8 Å². The van der Waals surface area contributed by atoms with Gasteiger partial charge in [-0.3, -0.25) is 4.68 Å². The Kier molecular flexibility index (Phi) is 5.38. The molecule has 0 aromatic carbocycles. The minimum atomic E-state index is -0.575. The Morgan fingerprint density at radius 2 is 1.97 bits per heavy atom. The van der Waals surface area contributed by atoms with Gasteiger partial charge in [-0.05, 0) is 105 Å². The van der Waals surface area contributed by atoms with Gasteiger partial charge < -0.3 is 9.84 Å². The number of hydrogen-bond acceptors (Lipinski definition) is 3. The smallest absolute Gasteiger partial charge is 0.0882 e. The van der Waals surface area contributed by atoms with Crippen LogP contribution in [0.4, 0.5) is 0 Å². The molecule has 4 aliphatic carbocycles. The van der Waals surface area contributed by atoms with E-state index in [1.54, 1.807) is 7.11 Å². The quantitative estimate of drug-likeness (QED) is 0.686. The van der Waals surface area contributed by atoms with Gasteiger partial charge in [0.2, 0.25) is 0 Å². The Bertz CT molecular complexity index is 761. The summed E-state index contributed by atoms with van der Waals surface area (Å²) in [5, 5.41) is 15.4. The van der Waals surface area contributed by atoms with Crippen LogP contribution in [0.3, 0.4) is 0 Å². The maximum atomic E-state index is 11.0. The van der Waals surface area contributed by atoms with Gasteiger partial charge in [-0.1, -0.05) is 19.1 Å². The van der Waals surface area contributed by atoms with Crippen molar-refractivity contribution >= 4 is 0 Å². The van der Waals surface area contributed by atoms with Crippen molar-refractivity contribution in [2.24, 2.45) is 40.9 Å². The Morgan fingerprint density at radius 1 is 1.13 bits per heavy atom. The molecule has 1 aromatic rings. The summed E-state index contributed by atoms with van der Waals surface area (Å²) in [5.41, 5.74) is 1.23. The maximum absolute atomic E-state index is 11.0. The molecule has 1 N–H and O–H groups in total. The predicted octanol–water partition coefficient (Wildman–Crippen LogP) is 5.09. The highest BCUT2D eigenvalue weighted by molar-refractivity contribution is 5.15. The van der Waals surface area contributed by atoms with Gasteiger partial charge in [0.05, 0.1) is 18.8 Å². The molecule has 4 heteroatoms. The van der Waals surface area contributed by atoms with Gasteiger partial charge in [0.1, 0.15) is 0 Å². The first-order valence-electron chi connectivity index (χ1n) is 12.3. The molecule has 4 saturated carbocycles. The second-order valence-electron chi connectivity index (χ2n) is 11.4. The van der Waals surface area contributed by atoms with E-state index in [1.807, 2.05) is 16.9 Å². The van der Waals surface area contributed by atoms with E-state index in [0.29, 0.717) is 23.9 Å². The molecule has 0 spiro atoms. The number of methoxy groups -OCH3 is 1. The van der Waals surface area contributed by atoms with Crippen LogP contribution in [0.25, 0.3) is 0 Å². The summed E-state index contributed by atoms with van der Waals surface area (Å²) in [7, 11) is 1.72. The van der Waals surface area contributed by atoms with E-state index in [-0.39, 0.29) is 0 Å². The lowest BCUT2D eigenvalue weighted by Gasteiger charge is -2.57. The molecule has 1 heterocycles. The zero-order chi connectivity index (χ0) is 20.9. The van der Waals surface area contributed by atoms with E-state index >= 15 is 0 Å². The molecule has 0 radical (unpaired) electrons. The lowest BCUT2D eigenvalue weighted by molar-refractivity contribution is -0.123. The topological polar surface area (TPSA) is 47.3 Å². The fraction of sp³-hybridized carbons (Fsp3) is 0.808. The first kappa shape index (κ1) is 20.8. The molecule has 0 unspecified atom stereocenters. The third-order valence-electron chi connectivity index (χ3n) is 9.93. The van der Waals surface area contributed by atoms with Crippen molar-refractivity contribution in [3.8, 4) is 0 Å². The van der Waals surface area contributed by atoms with E-state index in [1.165, 1.54) is 50.5 Å². The van der Waals surface area contributed by atoms with Crippen LogP contribution in [0.1, 0.15) is 64.7 Å². The zero-order valence-electron chi connectivity index (χ0n) is 18.9. The van der Waals surface area contributed by atoms with Crippen molar-refractivity contribution in [1.29, 1.82) is 0 Å². The summed E-state index contributed by atoms with van der Waals surface area (Å²) in [6.45, 7) is 8.51. The number of aromatic nitrogens is 2. The van der Waals surface area contributed by atoms with Crippen LogP contribution in [-0.4, -0.2) is 34.2 Å². The molecule has 4 nitrogen and oxygen atoms in total. The number of allylic oxidation sites excluding steroid dienone is 1. The van der Waals surface area contributed by atoms with Crippen LogP contribution in [0.15, 0.2) is 30.6 Å². The van der Waals surface area contributed by atoms with Crippen molar-refractivity contribution < 1.29 is 9.84 Å². The highest BCUT2D eigenvalue weighted by atomic mass is 16.5. The van der Waals surface area contributed by atoms with E-state index in [0.717, 1.165) is 43.1 Å². The lowest BCUT2D eigenvalue weighted by Crippen LogP contribution is -2.52. The van der Waals surface area contributed by atoms with Crippen molar-refractivity contribution in [3.05, 3.63) is 30.6 Å². The molecule has 1 aromatic heterocycles. The monoisotopic (exact) mass is 412 g/mol. The normalized spacial score (nSPS) is 45.4. The SMILES string of the molecule is C=C(Cn1cccn1)[C@H]1CC[C@H]2[C@@H]3CC[C@H]4C[C@@](O)(COC)CC[C@@H]4[C@H]3CC[C@]12C. The van der Waals surface area contributed by atoms with Crippen LogP contribution in [0, 0.1) is 40.9 Å². The maximum Gasteiger partial charge on any atom is 0.0882 e. The Morgan fingerprint density at radius 3 is 2.73 bits per heavy atom. The lowest BCUT2D eigenvalue weighted by atomic mass is 9.48. The molecule has 0 amide bonds. The van der Waals surface area contributed by atoms with Crippen LogP contribution >= 0.6 is 0 Å². The summed E-state index contributed by atoms with van der Waals surface area (Å²) < 4.78 is 7.39. The van der Waals surface area contributed by atoms with Crippen molar-refractivity contribution in [1.82, 2.24) is 9.78 Å². The van der Waals surface area contributed by atoms with E-state index in [9.17, 15) is 5.11 Å². The Hall–Kier alpha value is -1.13. The summed E-state index contributed by atoms with van der Waals surface area (Å²) in [4.78, 5) is 0. The summed E-state index contributed by atoms with van der Waals surface area (Å²) in [6, 6.07) is 2.01. The number of rotatable bonds is 5. The van der Waals surface area contributed by atoms with Crippen LogP contribution < -0.4 is 0 Å². The van der Waals surface area contributed by atoms with Crippen LogP contribution in [-0.2, 0) is 11.3 Å². The summed E-state index contributed by atoms with van der Waals surface area (Å²) in [6.07, 6.45) is 15.1. The van der Waals surface area contributed by atoms with Crippen molar-refractivity contribution in [2.75, 3.05) is 13.7 Å². The number of nitrogens with zero attached hydrogens (tertiary/aromatic N) is 2. The standard InChI is InChI=1S/C26H40N2O2/c1-18(16-28-14-4-13-27-28)23-7-8-24-22-6-5-19-15-26(29,17-30-3)12-10-20(19)21(22)9-11-25(23,24)2/h4,13-14,19-24,29H,1,5-12,15-17H2,2-3H3/t19-,20-,21+,22+,23+,24-,25+,26+/m0/s1. The van der Waals surface area contributed by atoms with Gasteiger partial charge in [0.25, 0.3) is 0 Å². The second-order valence-corrected chi connectivity index (χ2v) is 11.4. The summed E-state index contributed by atoms with van der Waals surface area (Å²) in [5.74, 6) is 4.81. The average molecular weight is 413 g/mol.